The van der Waals surface area contributed by atoms with Crippen molar-refractivity contribution >= 4 is 17.9 Å². The fraction of sp³-hybridized carbons (Fsp3) is 0.710. The summed E-state index contributed by atoms with van der Waals surface area (Å²) in [6, 6.07) is 4.20. The molecule has 3 amide bonds. The van der Waals surface area contributed by atoms with Gasteiger partial charge in [0.1, 0.15) is 23.4 Å². The number of carbonyl (C=O) groups excluding carboxylic acids is 3. The van der Waals surface area contributed by atoms with E-state index in [1.165, 1.54) is 6.07 Å². The Bertz CT molecular complexity index is 927. The molecular weight excluding hydrogens is 494 g/mol. The quantitative estimate of drug-likeness (QED) is 0.252. The number of nitrogens with one attached hydrogen (secondary N) is 2. The van der Waals surface area contributed by atoms with Gasteiger partial charge in [-0.05, 0) is 71.8 Å². The molecule has 0 bridgehead atoms. The summed E-state index contributed by atoms with van der Waals surface area (Å²) in [5.41, 5.74) is -0.381. The third kappa shape index (κ3) is 11.1. The van der Waals surface area contributed by atoms with E-state index in [1.807, 2.05) is 34.6 Å². The summed E-state index contributed by atoms with van der Waals surface area (Å²) in [5.74, 6) is -0.622. The molecule has 1 rings (SSSR count). The second-order valence-corrected chi connectivity index (χ2v) is 12.2. The second kappa shape index (κ2) is 15.7. The van der Waals surface area contributed by atoms with Crippen molar-refractivity contribution in [3.05, 3.63) is 29.8 Å². The van der Waals surface area contributed by atoms with Crippen LogP contribution in [-0.2, 0) is 14.3 Å². The lowest BCUT2D eigenvalue weighted by Gasteiger charge is -2.40. The minimum absolute atomic E-state index is 0.0603. The molecule has 0 spiro atoms. The highest BCUT2D eigenvalue weighted by Gasteiger charge is 2.41. The minimum atomic E-state index is -1.08. The van der Waals surface area contributed by atoms with Gasteiger partial charge in [0.15, 0.2) is 0 Å². The van der Waals surface area contributed by atoms with Crippen molar-refractivity contribution in [2.24, 2.45) is 11.8 Å². The monoisotopic (exact) mass is 547 g/mol. The van der Waals surface area contributed by atoms with Gasteiger partial charge >= 0.3 is 6.09 Å². The summed E-state index contributed by atoms with van der Waals surface area (Å²) in [6.45, 7) is 19.3. The lowest BCUT2D eigenvalue weighted by Crippen LogP contribution is -2.57. The number of rotatable bonds is 14. The van der Waals surface area contributed by atoms with E-state index in [2.05, 4.69) is 24.5 Å². The fourth-order valence-electron chi connectivity index (χ4n) is 4.55. The molecular formula is C31H53N3O5. The Kier molecular flexibility index (Phi) is 13.8. The Labute approximate surface area is 236 Å². The number of amides is 3. The van der Waals surface area contributed by atoms with Gasteiger partial charge in [-0.3, -0.25) is 9.59 Å². The number of benzene rings is 1. The number of phenols is 1. The molecule has 0 aliphatic carbocycles. The summed E-state index contributed by atoms with van der Waals surface area (Å²) >= 11 is 0. The zero-order valence-corrected chi connectivity index (χ0v) is 25.8. The first-order valence-corrected chi connectivity index (χ1v) is 14.5. The van der Waals surface area contributed by atoms with Crippen LogP contribution in [0.3, 0.4) is 0 Å². The van der Waals surface area contributed by atoms with Crippen LogP contribution in [0.5, 0.6) is 5.75 Å². The Morgan fingerprint density at radius 2 is 1.56 bits per heavy atom. The van der Waals surface area contributed by atoms with Crippen LogP contribution in [0.4, 0.5) is 4.79 Å². The number of ether oxygens (including phenoxy) is 1. The molecule has 8 heteroatoms. The van der Waals surface area contributed by atoms with Crippen LogP contribution in [0.2, 0.25) is 0 Å². The Hall–Kier alpha value is -2.77. The maximum Gasteiger partial charge on any atom is 0.408 e. The van der Waals surface area contributed by atoms with E-state index in [4.69, 9.17) is 4.74 Å². The van der Waals surface area contributed by atoms with Crippen molar-refractivity contribution in [1.82, 2.24) is 15.5 Å². The predicted molar refractivity (Wildman–Crippen MR) is 156 cm³/mol. The van der Waals surface area contributed by atoms with Gasteiger partial charge in [0, 0.05) is 17.6 Å². The summed E-state index contributed by atoms with van der Waals surface area (Å²) < 4.78 is 5.48. The van der Waals surface area contributed by atoms with Crippen LogP contribution in [0.15, 0.2) is 24.3 Å². The molecule has 0 heterocycles. The predicted octanol–water partition coefficient (Wildman–Crippen LogP) is 6.33. The topological polar surface area (TPSA) is 108 Å². The van der Waals surface area contributed by atoms with Crippen LogP contribution < -0.4 is 10.6 Å². The minimum Gasteiger partial charge on any atom is -0.508 e. The Balaban J connectivity index is 3.68. The molecule has 0 aliphatic heterocycles. The van der Waals surface area contributed by atoms with Crippen molar-refractivity contribution in [1.29, 1.82) is 0 Å². The number of nitrogens with zero attached hydrogens (tertiary/aromatic N) is 1. The Morgan fingerprint density at radius 3 is 2.08 bits per heavy atom. The van der Waals surface area contributed by atoms with Gasteiger partial charge in [0.25, 0.3) is 0 Å². The highest BCUT2D eigenvalue weighted by molar-refractivity contribution is 5.93. The molecule has 39 heavy (non-hydrogen) atoms. The van der Waals surface area contributed by atoms with E-state index in [0.717, 1.165) is 19.3 Å². The molecule has 0 saturated carbocycles. The standard InChI is InChI=1S/C31H53N3O5/c1-11-15-22(6)32-28(36)27(24-16-13-14-17-25(24)35)34(23(7)19-18-20(3)4)29(37)26(21(5)12-2)33-30(38)39-31(8,9)10/h13-14,16-17,20-23,26-27,35H,11-12,15,18-19H2,1-10H3,(H,32,36)(H,33,38). The van der Waals surface area contributed by atoms with Crippen molar-refractivity contribution in [3.63, 3.8) is 0 Å². The van der Waals surface area contributed by atoms with Crippen molar-refractivity contribution in [3.8, 4) is 5.75 Å². The molecule has 5 unspecified atom stereocenters. The summed E-state index contributed by atoms with van der Waals surface area (Å²) in [5, 5.41) is 16.7. The number of hydrogen-bond donors (Lipinski definition) is 3. The maximum atomic E-state index is 14.5. The number of para-hydroxylation sites is 1. The van der Waals surface area contributed by atoms with Gasteiger partial charge < -0.3 is 25.4 Å². The number of hydrogen-bond acceptors (Lipinski definition) is 5. The van der Waals surface area contributed by atoms with E-state index < -0.39 is 23.8 Å². The lowest BCUT2D eigenvalue weighted by atomic mass is 9.93. The number of carbonyl (C=O) groups is 3. The van der Waals surface area contributed by atoms with Crippen molar-refractivity contribution in [2.75, 3.05) is 0 Å². The van der Waals surface area contributed by atoms with Crippen LogP contribution in [0, 0.1) is 11.8 Å². The molecule has 8 nitrogen and oxygen atoms in total. The van der Waals surface area contributed by atoms with Crippen LogP contribution in [-0.4, -0.2) is 51.6 Å². The third-order valence-electron chi connectivity index (χ3n) is 6.91. The molecule has 0 fully saturated rings. The van der Waals surface area contributed by atoms with Gasteiger partial charge in [0.05, 0.1) is 0 Å². The Morgan fingerprint density at radius 1 is 0.949 bits per heavy atom. The first kappa shape index (κ1) is 34.3. The van der Waals surface area contributed by atoms with Gasteiger partial charge in [0.2, 0.25) is 11.8 Å². The number of aromatic hydroxyl groups is 1. The maximum absolute atomic E-state index is 14.5. The molecule has 0 aromatic heterocycles. The first-order chi connectivity index (χ1) is 18.1. The molecule has 3 N–H and O–H groups in total. The molecule has 1 aromatic carbocycles. The highest BCUT2D eigenvalue weighted by Crippen LogP contribution is 2.33. The summed E-state index contributed by atoms with van der Waals surface area (Å²) in [6.07, 6.45) is 3.13. The zero-order valence-electron chi connectivity index (χ0n) is 25.8. The van der Waals surface area contributed by atoms with Crippen LogP contribution in [0.1, 0.15) is 113 Å². The van der Waals surface area contributed by atoms with Crippen molar-refractivity contribution in [2.45, 2.75) is 131 Å². The second-order valence-electron chi connectivity index (χ2n) is 12.2. The van der Waals surface area contributed by atoms with E-state index in [-0.39, 0.29) is 35.6 Å². The average Bonchev–Trinajstić information content (AvgIpc) is 2.83. The van der Waals surface area contributed by atoms with Gasteiger partial charge in [-0.25, -0.2) is 4.79 Å². The molecule has 1 aromatic rings. The largest absolute Gasteiger partial charge is 0.508 e. The molecule has 0 aliphatic rings. The van der Waals surface area contributed by atoms with E-state index in [9.17, 15) is 19.5 Å². The van der Waals surface area contributed by atoms with Crippen LogP contribution >= 0.6 is 0 Å². The summed E-state index contributed by atoms with van der Waals surface area (Å²) in [4.78, 5) is 42.8. The smallest absolute Gasteiger partial charge is 0.408 e. The third-order valence-corrected chi connectivity index (χ3v) is 6.91. The van der Waals surface area contributed by atoms with Gasteiger partial charge in [-0.15, -0.1) is 0 Å². The normalized spacial score (nSPS) is 15.6. The van der Waals surface area contributed by atoms with E-state index in [1.54, 1.807) is 43.9 Å². The first-order valence-electron chi connectivity index (χ1n) is 14.5. The van der Waals surface area contributed by atoms with Gasteiger partial charge in [-0.2, -0.15) is 0 Å². The SMILES string of the molecule is CCCC(C)NC(=O)C(c1ccccc1O)N(C(=O)C(NC(=O)OC(C)(C)C)C(C)CC)C(C)CCC(C)C. The highest BCUT2D eigenvalue weighted by atomic mass is 16.6. The zero-order chi connectivity index (χ0) is 29.9. The molecule has 0 saturated heterocycles. The fourth-order valence-corrected chi connectivity index (χ4v) is 4.55. The van der Waals surface area contributed by atoms with Crippen LogP contribution in [0.25, 0.3) is 0 Å². The molecule has 0 radical (unpaired) electrons. The average molecular weight is 548 g/mol. The molecule has 222 valence electrons. The lowest BCUT2D eigenvalue weighted by molar-refractivity contribution is -0.146. The van der Waals surface area contributed by atoms with E-state index >= 15 is 0 Å². The number of alkyl carbamates (subject to hydrolysis) is 1. The van der Waals surface area contributed by atoms with Crippen molar-refractivity contribution < 1.29 is 24.2 Å². The van der Waals surface area contributed by atoms with E-state index in [0.29, 0.717) is 24.3 Å². The van der Waals surface area contributed by atoms with Gasteiger partial charge in [-0.1, -0.05) is 65.7 Å². The summed E-state index contributed by atoms with van der Waals surface area (Å²) in [7, 11) is 0. The molecule has 5 atom stereocenters. The number of phenolic OH excluding ortho intramolecular Hbond substituents is 1.